The Balaban J connectivity index is 2.39. The number of carboxylic acids is 1. The van der Waals surface area contributed by atoms with Gasteiger partial charge in [0.1, 0.15) is 5.76 Å². The Hall–Kier alpha value is -1.29. The number of furan rings is 1. The molecule has 0 amide bonds. The molecule has 2 atom stereocenters. The van der Waals surface area contributed by atoms with Gasteiger partial charge in [-0.3, -0.25) is 4.79 Å². The average molecular weight is 223 g/mol. The first-order valence-electron chi connectivity index (χ1n) is 5.46. The highest BCUT2D eigenvalue weighted by atomic mass is 16.4. The van der Waals surface area contributed by atoms with E-state index in [-0.39, 0.29) is 12.0 Å². The molecule has 1 heterocycles. The minimum atomic E-state index is -0.730. The number of aryl methyl sites for hydroxylation is 1. The van der Waals surface area contributed by atoms with Crippen LogP contribution in [0.15, 0.2) is 10.7 Å². The molecular formula is C12H17NO3. The summed E-state index contributed by atoms with van der Waals surface area (Å²) < 4.78 is 5.46. The van der Waals surface area contributed by atoms with Gasteiger partial charge in [0, 0.05) is 18.0 Å². The average Bonchev–Trinajstić information content (AvgIpc) is 2.59. The fourth-order valence-corrected chi connectivity index (χ4v) is 2.46. The molecular weight excluding hydrogens is 206 g/mol. The summed E-state index contributed by atoms with van der Waals surface area (Å²) in [6.07, 6.45) is 2.91. The molecule has 1 aromatic rings. The quantitative estimate of drug-likeness (QED) is 0.831. The highest BCUT2D eigenvalue weighted by Gasteiger charge is 2.35. The fourth-order valence-electron chi connectivity index (χ4n) is 2.46. The number of fused-ring (bicyclic) bond motifs is 1. The van der Waals surface area contributed by atoms with Gasteiger partial charge in [-0.2, -0.15) is 0 Å². The van der Waals surface area contributed by atoms with E-state index in [4.69, 9.17) is 9.52 Å². The second-order valence-electron chi connectivity index (χ2n) is 4.71. The maximum Gasteiger partial charge on any atom is 0.307 e. The second kappa shape index (κ2) is 3.94. The molecule has 1 aromatic heterocycles. The van der Waals surface area contributed by atoms with Crippen molar-refractivity contribution in [3.05, 3.63) is 23.2 Å². The summed E-state index contributed by atoms with van der Waals surface area (Å²) in [5.41, 5.74) is 2.31. The van der Waals surface area contributed by atoms with Gasteiger partial charge >= 0.3 is 5.97 Å². The van der Waals surface area contributed by atoms with Gasteiger partial charge < -0.3 is 14.4 Å². The number of hydrogen-bond acceptors (Lipinski definition) is 3. The maximum absolute atomic E-state index is 11.1. The second-order valence-corrected chi connectivity index (χ2v) is 4.71. The summed E-state index contributed by atoms with van der Waals surface area (Å²) in [7, 11) is 3.95. The van der Waals surface area contributed by atoms with E-state index in [0.29, 0.717) is 12.8 Å². The molecule has 16 heavy (non-hydrogen) atoms. The van der Waals surface area contributed by atoms with Crippen molar-refractivity contribution in [3.8, 4) is 0 Å². The number of rotatable bonds is 2. The van der Waals surface area contributed by atoms with Crippen LogP contribution < -0.4 is 0 Å². The predicted octanol–water partition coefficient (Wildman–Crippen LogP) is 1.84. The van der Waals surface area contributed by atoms with Crippen molar-refractivity contribution in [2.24, 2.45) is 5.92 Å². The molecule has 1 aliphatic rings. The molecule has 4 heteroatoms. The first-order valence-corrected chi connectivity index (χ1v) is 5.46. The number of hydrogen-bond donors (Lipinski definition) is 1. The zero-order valence-corrected chi connectivity index (χ0v) is 9.86. The topological polar surface area (TPSA) is 53.7 Å². The highest BCUT2D eigenvalue weighted by molar-refractivity contribution is 5.71. The predicted molar refractivity (Wildman–Crippen MR) is 59.3 cm³/mol. The lowest BCUT2D eigenvalue weighted by atomic mass is 9.83. The number of carboxylic acid groups (broad SMARTS) is 1. The van der Waals surface area contributed by atoms with Crippen LogP contribution in [0, 0.1) is 12.8 Å². The largest absolute Gasteiger partial charge is 0.481 e. The monoisotopic (exact) mass is 223 g/mol. The Morgan fingerprint density at radius 3 is 2.81 bits per heavy atom. The molecule has 0 bridgehead atoms. The van der Waals surface area contributed by atoms with E-state index in [1.807, 2.05) is 21.0 Å². The van der Waals surface area contributed by atoms with E-state index >= 15 is 0 Å². The van der Waals surface area contributed by atoms with Crippen LogP contribution in [-0.4, -0.2) is 30.1 Å². The Morgan fingerprint density at radius 1 is 1.56 bits per heavy atom. The Bertz CT molecular complexity index is 408. The summed E-state index contributed by atoms with van der Waals surface area (Å²) in [4.78, 5) is 13.1. The molecule has 2 unspecified atom stereocenters. The van der Waals surface area contributed by atoms with E-state index in [1.165, 1.54) is 5.56 Å². The zero-order chi connectivity index (χ0) is 11.9. The van der Waals surface area contributed by atoms with Crippen molar-refractivity contribution in [1.82, 2.24) is 4.90 Å². The lowest BCUT2D eigenvalue weighted by Crippen LogP contribution is -2.31. The fraction of sp³-hybridized carbons (Fsp3) is 0.583. The van der Waals surface area contributed by atoms with Crippen LogP contribution in [0.4, 0.5) is 0 Å². The van der Waals surface area contributed by atoms with Gasteiger partial charge in [0.15, 0.2) is 0 Å². The summed E-state index contributed by atoms with van der Waals surface area (Å²) in [5, 5.41) is 9.11. The van der Waals surface area contributed by atoms with Crippen molar-refractivity contribution >= 4 is 5.97 Å². The smallest absolute Gasteiger partial charge is 0.307 e. The van der Waals surface area contributed by atoms with Gasteiger partial charge in [0.05, 0.1) is 12.2 Å². The first-order chi connectivity index (χ1) is 7.50. The van der Waals surface area contributed by atoms with E-state index in [1.54, 1.807) is 6.26 Å². The van der Waals surface area contributed by atoms with Gasteiger partial charge in [-0.25, -0.2) is 0 Å². The summed E-state index contributed by atoms with van der Waals surface area (Å²) >= 11 is 0. The molecule has 0 spiro atoms. The van der Waals surface area contributed by atoms with Crippen LogP contribution >= 0.6 is 0 Å². The van der Waals surface area contributed by atoms with Gasteiger partial charge in [-0.05, 0) is 33.0 Å². The molecule has 0 saturated carbocycles. The minimum absolute atomic E-state index is 0.156. The molecule has 0 aromatic carbocycles. The minimum Gasteiger partial charge on any atom is -0.481 e. The lowest BCUT2D eigenvalue weighted by molar-refractivity contribution is -0.142. The Morgan fingerprint density at radius 2 is 2.25 bits per heavy atom. The summed E-state index contributed by atoms with van der Waals surface area (Å²) in [6.45, 7) is 2.01. The van der Waals surface area contributed by atoms with Crippen molar-refractivity contribution < 1.29 is 14.3 Å². The van der Waals surface area contributed by atoms with Crippen LogP contribution in [0.1, 0.15) is 29.3 Å². The summed E-state index contributed by atoms with van der Waals surface area (Å²) in [5.74, 6) is -0.216. The van der Waals surface area contributed by atoms with Crippen molar-refractivity contribution in [2.45, 2.75) is 25.8 Å². The zero-order valence-electron chi connectivity index (χ0n) is 9.86. The molecule has 2 rings (SSSR count). The molecule has 0 fully saturated rings. The van der Waals surface area contributed by atoms with Gasteiger partial charge in [0.2, 0.25) is 0 Å². The van der Waals surface area contributed by atoms with Crippen molar-refractivity contribution in [1.29, 1.82) is 0 Å². The molecule has 0 aliphatic heterocycles. The standard InChI is InChI=1S/C12H17NO3/c1-7-6-16-10-5-8(12(14)15)4-9(11(7)10)13(2)3/h6,8-9H,4-5H2,1-3H3,(H,14,15). The molecule has 4 nitrogen and oxygen atoms in total. The molecule has 0 radical (unpaired) electrons. The Kier molecular flexibility index (Phi) is 2.76. The number of aliphatic carboxylic acids is 1. The molecule has 0 saturated heterocycles. The van der Waals surface area contributed by atoms with Crippen LogP contribution in [0.25, 0.3) is 0 Å². The Labute approximate surface area is 94.9 Å². The van der Waals surface area contributed by atoms with Crippen LogP contribution in [0.3, 0.4) is 0 Å². The first kappa shape index (κ1) is 11.2. The van der Waals surface area contributed by atoms with E-state index < -0.39 is 5.97 Å². The third-order valence-electron chi connectivity index (χ3n) is 3.35. The molecule has 88 valence electrons. The lowest BCUT2D eigenvalue weighted by Gasteiger charge is -2.31. The van der Waals surface area contributed by atoms with E-state index in [9.17, 15) is 4.79 Å². The van der Waals surface area contributed by atoms with Gasteiger partial charge in [0.25, 0.3) is 0 Å². The van der Waals surface area contributed by atoms with Gasteiger partial charge in [-0.15, -0.1) is 0 Å². The van der Waals surface area contributed by atoms with Crippen LogP contribution in [0.2, 0.25) is 0 Å². The van der Waals surface area contributed by atoms with Crippen LogP contribution in [0.5, 0.6) is 0 Å². The SMILES string of the molecule is Cc1coc2c1C(N(C)C)CC(C(=O)O)C2. The molecule has 1 N–H and O–H groups in total. The van der Waals surface area contributed by atoms with Crippen LogP contribution in [-0.2, 0) is 11.2 Å². The van der Waals surface area contributed by atoms with Gasteiger partial charge in [-0.1, -0.05) is 0 Å². The van der Waals surface area contributed by atoms with Crippen molar-refractivity contribution in [2.75, 3.05) is 14.1 Å². The van der Waals surface area contributed by atoms with E-state index in [0.717, 1.165) is 11.3 Å². The number of carbonyl (C=O) groups is 1. The maximum atomic E-state index is 11.1. The molecule has 1 aliphatic carbocycles. The number of nitrogens with zero attached hydrogens (tertiary/aromatic N) is 1. The van der Waals surface area contributed by atoms with E-state index in [2.05, 4.69) is 4.90 Å². The summed E-state index contributed by atoms with van der Waals surface area (Å²) in [6, 6.07) is 0.156. The normalized spacial score (nSPS) is 24.5. The highest BCUT2D eigenvalue weighted by Crippen LogP contribution is 2.38. The van der Waals surface area contributed by atoms with Crippen molar-refractivity contribution in [3.63, 3.8) is 0 Å². The third kappa shape index (κ3) is 1.73. The third-order valence-corrected chi connectivity index (χ3v) is 3.35.